The number of hydrogen-bond donors (Lipinski definition) is 6. The van der Waals surface area contributed by atoms with Crippen LogP contribution < -0.4 is 0 Å². The summed E-state index contributed by atoms with van der Waals surface area (Å²) in [6, 6.07) is 0. The molecule has 0 bridgehead atoms. The van der Waals surface area contributed by atoms with E-state index >= 15 is 0 Å². The summed E-state index contributed by atoms with van der Waals surface area (Å²) in [6.45, 7) is 14.1. The second-order valence-electron chi connectivity index (χ2n) is 22.6. The van der Waals surface area contributed by atoms with Gasteiger partial charge in [0.2, 0.25) is 0 Å². The van der Waals surface area contributed by atoms with Crippen LogP contribution in [0.3, 0.4) is 0 Å². The van der Waals surface area contributed by atoms with Crippen molar-refractivity contribution in [2.75, 3.05) is 27.9 Å². The van der Waals surface area contributed by atoms with Crippen molar-refractivity contribution in [3.63, 3.8) is 0 Å². The lowest BCUT2D eigenvalue weighted by molar-refractivity contribution is -0.373. The third kappa shape index (κ3) is 10.4. The van der Waals surface area contributed by atoms with Crippen LogP contribution in [0, 0.1) is 28.6 Å². The van der Waals surface area contributed by atoms with Crippen LogP contribution in [0.25, 0.3) is 0 Å². The van der Waals surface area contributed by atoms with Crippen LogP contribution >= 0.6 is 0 Å². The molecule has 0 radical (unpaired) electrons. The van der Waals surface area contributed by atoms with Crippen LogP contribution in [-0.2, 0) is 66.4 Å². The molecule has 4 aliphatic heterocycles. The van der Waals surface area contributed by atoms with Crippen LogP contribution in [0.2, 0.25) is 0 Å². The topological polar surface area (TPSA) is 266 Å². The van der Waals surface area contributed by atoms with E-state index in [9.17, 15) is 40.2 Å². The van der Waals surface area contributed by atoms with E-state index in [1.54, 1.807) is 48.0 Å². The average Bonchev–Trinajstić information content (AvgIpc) is 3.65. The van der Waals surface area contributed by atoms with Crippen molar-refractivity contribution in [3.8, 4) is 0 Å². The molecule has 73 heavy (non-hydrogen) atoms. The Bertz CT molecular complexity index is 1980. The van der Waals surface area contributed by atoms with Crippen molar-refractivity contribution >= 4 is 11.8 Å². The Hall–Kier alpha value is -2.06. The Morgan fingerprint density at radius 2 is 1.32 bits per heavy atom. The predicted octanol–water partition coefficient (Wildman–Crippen LogP) is 2.52. The van der Waals surface area contributed by atoms with Gasteiger partial charge in [-0.1, -0.05) is 31.6 Å². The summed E-state index contributed by atoms with van der Waals surface area (Å²) >= 11 is 0. The number of ketones is 1. The van der Waals surface area contributed by atoms with Crippen molar-refractivity contribution in [2.24, 2.45) is 28.6 Å². The second kappa shape index (κ2) is 22.7. The minimum atomic E-state index is -1.67. The fraction of sp³-hybridized carbons (Fsp3) is 0.887. The zero-order valence-corrected chi connectivity index (χ0v) is 44.4. The molecule has 8 aliphatic rings. The van der Waals surface area contributed by atoms with Gasteiger partial charge in [-0.05, 0) is 104 Å². The van der Waals surface area contributed by atoms with Crippen molar-refractivity contribution in [2.45, 2.75) is 242 Å². The summed E-state index contributed by atoms with van der Waals surface area (Å²) < 4.78 is 74.3. The number of aliphatic hydroxyl groups is 6. The normalized spacial score (nSPS) is 50.3. The van der Waals surface area contributed by atoms with Gasteiger partial charge in [0, 0.05) is 51.1 Å². The van der Waals surface area contributed by atoms with Gasteiger partial charge in [-0.2, -0.15) is 0 Å². The van der Waals surface area contributed by atoms with Gasteiger partial charge in [0.25, 0.3) is 0 Å². The molecule has 20 heteroatoms. The molecular formula is C53H84O20. The van der Waals surface area contributed by atoms with E-state index in [2.05, 4.69) is 13.0 Å². The summed E-state index contributed by atoms with van der Waals surface area (Å²) in [5, 5.41) is 65.2. The van der Waals surface area contributed by atoms with Gasteiger partial charge in [0.1, 0.15) is 66.8 Å². The van der Waals surface area contributed by atoms with Gasteiger partial charge in [-0.3, -0.25) is 4.79 Å². The largest absolute Gasteiger partial charge is 0.458 e. The number of esters is 1. The average molecular weight is 1040 g/mol. The fourth-order valence-corrected chi connectivity index (χ4v) is 14.3. The number of allylic oxidation sites excluding steroid dienone is 2. The lowest BCUT2D eigenvalue weighted by Gasteiger charge is -2.63. The number of ether oxygens (including phenoxy) is 12. The number of rotatable bonds is 15. The third-order valence-corrected chi connectivity index (χ3v) is 18.8. The highest BCUT2D eigenvalue weighted by Crippen LogP contribution is 2.68. The zero-order chi connectivity index (χ0) is 53.1. The zero-order valence-electron chi connectivity index (χ0n) is 44.4. The van der Waals surface area contributed by atoms with Crippen molar-refractivity contribution in [1.82, 2.24) is 0 Å². The molecule has 6 N–H and O–H groups in total. The first-order chi connectivity index (χ1) is 34.6. The molecule has 4 heterocycles. The van der Waals surface area contributed by atoms with E-state index in [0.717, 1.165) is 12.8 Å². The molecule has 0 aromatic carbocycles. The van der Waals surface area contributed by atoms with Crippen molar-refractivity contribution in [3.05, 3.63) is 23.3 Å². The van der Waals surface area contributed by atoms with Crippen LogP contribution in [0.4, 0.5) is 0 Å². The Labute approximate surface area is 429 Å². The summed E-state index contributed by atoms with van der Waals surface area (Å²) in [6.07, 6.45) is -9.21. The molecule has 0 amide bonds. The number of carbonyl (C=O) groups excluding carboxylic acids is 2. The van der Waals surface area contributed by atoms with Crippen LogP contribution in [-0.4, -0.2) is 199 Å². The first-order valence-corrected chi connectivity index (χ1v) is 26.5. The molecule has 4 saturated heterocycles. The summed E-state index contributed by atoms with van der Waals surface area (Å²) in [7, 11) is 4.56. The summed E-state index contributed by atoms with van der Waals surface area (Å²) in [4.78, 5) is 26.5. The molecule has 4 aliphatic carbocycles. The molecule has 20 nitrogen and oxygen atoms in total. The predicted molar refractivity (Wildman–Crippen MR) is 256 cm³/mol. The summed E-state index contributed by atoms with van der Waals surface area (Å²) in [5.41, 5.74) is -0.562. The van der Waals surface area contributed by atoms with Gasteiger partial charge in [-0.25, -0.2) is 4.79 Å². The Morgan fingerprint density at radius 3 is 1.92 bits per heavy atom. The molecule has 3 saturated carbocycles. The molecule has 416 valence electrons. The first kappa shape index (κ1) is 57.1. The SMILES string of the molecule is C/C=C(\C)C(=O)OC1CC2C(CC=C3CC(OC4CC(OC)C(OC5CC(OC)C(OC6OC(C)C(OC7OC(CO)C(O)C(O)C7O)C(OC)C6O)C(C)O5)C(C)O4)CCC32C)C2(O)CCC(C(C)=O)C12C. The number of methoxy groups -OCH3 is 3. The molecule has 26 atom stereocenters. The van der Waals surface area contributed by atoms with E-state index in [1.807, 2.05) is 20.8 Å². The Balaban J connectivity index is 0.866. The summed E-state index contributed by atoms with van der Waals surface area (Å²) in [5.74, 6) is -0.834. The minimum absolute atomic E-state index is 0.0237. The maximum atomic E-state index is 13.4. The van der Waals surface area contributed by atoms with Gasteiger partial charge >= 0.3 is 5.97 Å². The number of fused-ring (bicyclic) bond motifs is 5. The third-order valence-electron chi connectivity index (χ3n) is 18.8. The molecule has 7 fully saturated rings. The lowest BCUT2D eigenvalue weighted by Crippen LogP contribution is -2.66. The van der Waals surface area contributed by atoms with E-state index in [0.29, 0.717) is 44.1 Å². The first-order valence-electron chi connectivity index (χ1n) is 26.5. The van der Waals surface area contributed by atoms with E-state index in [1.165, 1.54) is 12.7 Å². The number of aliphatic hydroxyl groups excluding tert-OH is 5. The number of hydrogen-bond acceptors (Lipinski definition) is 20. The molecule has 0 aromatic heterocycles. The second-order valence-corrected chi connectivity index (χ2v) is 22.6. The maximum Gasteiger partial charge on any atom is 0.333 e. The fourth-order valence-electron chi connectivity index (χ4n) is 14.3. The van der Waals surface area contributed by atoms with Gasteiger partial charge in [0.15, 0.2) is 25.2 Å². The van der Waals surface area contributed by atoms with E-state index in [4.69, 9.17) is 56.8 Å². The molecule has 0 spiro atoms. The van der Waals surface area contributed by atoms with E-state index < -0.39 is 146 Å². The molecule has 26 unspecified atom stereocenters. The Morgan fingerprint density at radius 1 is 0.712 bits per heavy atom. The minimum Gasteiger partial charge on any atom is -0.458 e. The highest BCUT2D eigenvalue weighted by atomic mass is 16.8. The van der Waals surface area contributed by atoms with Crippen molar-refractivity contribution in [1.29, 1.82) is 0 Å². The lowest BCUT2D eigenvalue weighted by atomic mass is 9.45. The van der Waals surface area contributed by atoms with Crippen LogP contribution in [0.5, 0.6) is 0 Å². The standard InChI is InChI=1S/C53H84O20/c1-12-24(2)48(60)70-37-20-33-32(53(61)18-16-31(25(3)55)52(37,53)8)14-13-29-19-30(15-17-51(29,33)7)68-38-21-34(62-9)44(26(4)65-38)71-39-22-35(63-10)45(27(5)66-39)72-50-43(59)47(64-11)46(28(6)67-50)73-49-42(58)41(57)40(56)36(23-54)69-49/h12-13,26-28,30-47,49-50,54,56-59,61H,14-23H2,1-11H3/b24-12+. The smallest absolute Gasteiger partial charge is 0.333 e. The highest BCUT2D eigenvalue weighted by Gasteiger charge is 2.71. The van der Waals surface area contributed by atoms with Crippen molar-refractivity contribution < 1.29 is 97.1 Å². The monoisotopic (exact) mass is 1040 g/mol. The van der Waals surface area contributed by atoms with E-state index in [-0.39, 0.29) is 35.6 Å². The van der Waals surface area contributed by atoms with Crippen LogP contribution in [0.1, 0.15) is 113 Å². The number of Topliss-reactive ketones (excluding diaryl/α,β-unsaturated/α-hetero) is 1. The maximum absolute atomic E-state index is 13.4. The molecule has 8 rings (SSSR count). The van der Waals surface area contributed by atoms with Gasteiger partial charge < -0.3 is 87.5 Å². The number of carbonyl (C=O) groups is 2. The van der Waals surface area contributed by atoms with Crippen LogP contribution in [0.15, 0.2) is 23.3 Å². The quantitative estimate of drug-likeness (QED) is 0.0782. The highest BCUT2D eigenvalue weighted by molar-refractivity contribution is 5.88. The molecular weight excluding hydrogens is 957 g/mol. The Kier molecular flexibility index (Phi) is 17.8. The molecule has 0 aromatic rings. The van der Waals surface area contributed by atoms with Gasteiger partial charge in [0.05, 0.1) is 48.8 Å². The van der Waals surface area contributed by atoms with Gasteiger partial charge in [-0.15, -0.1) is 0 Å².